The summed E-state index contributed by atoms with van der Waals surface area (Å²) in [4.78, 5) is 17.6. The highest BCUT2D eigenvalue weighted by Crippen LogP contribution is 2.31. The Morgan fingerprint density at radius 3 is 2.36 bits per heavy atom. The van der Waals surface area contributed by atoms with Crippen LogP contribution in [0.2, 0.25) is 0 Å². The monoisotopic (exact) mass is 377 g/mol. The Bertz CT molecular complexity index is 1210. The van der Waals surface area contributed by atoms with E-state index >= 15 is 0 Å². The van der Waals surface area contributed by atoms with Crippen LogP contribution in [0.1, 0.15) is 0 Å². The van der Waals surface area contributed by atoms with E-state index in [1.807, 2.05) is 48.7 Å². The summed E-state index contributed by atoms with van der Waals surface area (Å²) in [6.07, 6.45) is 5.30. The smallest absolute Gasteiger partial charge is 0.298 e. The minimum absolute atomic E-state index is 0.237. The van der Waals surface area contributed by atoms with Crippen molar-refractivity contribution in [1.29, 1.82) is 0 Å². The van der Waals surface area contributed by atoms with Gasteiger partial charge in [-0.05, 0) is 30.3 Å². The van der Waals surface area contributed by atoms with Gasteiger partial charge in [0.15, 0.2) is 11.5 Å². The fourth-order valence-corrected chi connectivity index (χ4v) is 3.13. The first-order chi connectivity index (χ1) is 13.7. The Balaban J connectivity index is 1.85. The maximum absolute atomic E-state index is 13.0. The molecule has 0 N–H and O–H groups in total. The SMILES string of the molecule is COc1ccc(-c2cn3ccn(-c4ccccc4OC)c(=O)c3n2)cc1OC. The van der Waals surface area contributed by atoms with Crippen molar-refractivity contribution in [3.63, 3.8) is 0 Å². The molecule has 2 heterocycles. The molecule has 0 aliphatic heterocycles. The van der Waals surface area contributed by atoms with Crippen LogP contribution in [0.5, 0.6) is 17.2 Å². The molecule has 0 spiro atoms. The van der Waals surface area contributed by atoms with Crippen molar-refractivity contribution in [2.24, 2.45) is 0 Å². The highest BCUT2D eigenvalue weighted by atomic mass is 16.5. The van der Waals surface area contributed by atoms with Crippen LogP contribution in [0, 0.1) is 0 Å². The third kappa shape index (κ3) is 2.87. The van der Waals surface area contributed by atoms with E-state index < -0.39 is 0 Å². The molecule has 4 aromatic rings. The number of methoxy groups -OCH3 is 3. The van der Waals surface area contributed by atoms with Crippen LogP contribution in [-0.4, -0.2) is 35.3 Å². The Hall–Kier alpha value is -3.74. The van der Waals surface area contributed by atoms with Crippen molar-refractivity contribution in [2.45, 2.75) is 0 Å². The maximum Gasteiger partial charge on any atom is 0.298 e. The minimum atomic E-state index is -0.237. The molecule has 7 heteroatoms. The van der Waals surface area contributed by atoms with Gasteiger partial charge in [0.25, 0.3) is 5.56 Å². The van der Waals surface area contributed by atoms with Gasteiger partial charge in [0.1, 0.15) is 5.75 Å². The number of hydrogen-bond acceptors (Lipinski definition) is 5. The molecule has 0 radical (unpaired) electrons. The summed E-state index contributed by atoms with van der Waals surface area (Å²) >= 11 is 0. The fourth-order valence-electron chi connectivity index (χ4n) is 3.13. The van der Waals surface area contributed by atoms with Gasteiger partial charge in [-0.15, -0.1) is 0 Å². The van der Waals surface area contributed by atoms with Gasteiger partial charge in [-0.2, -0.15) is 0 Å². The second kappa shape index (κ2) is 7.11. The molecule has 0 saturated heterocycles. The molecule has 0 saturated carbocycles. The van der Waals surface area contributed by atoms with Crippen LogP contribution in [0.15, 0.2) is 65.8 Å². The zero-order valence-corrected chi connectivity index (χ0v) is 15.7. The highest BCUT2D eigenvalue weighted by Gasteiger charge is 2.14. The molecule has 2 aromatic heterocycles. The molecule has 0 bridgehead atoms. The Morgan fingerprint density at radius 1 is 0.857 bits per heavy atom. The second-order valence-electron chi connectivity index (χ2n) is 6.07. The summed E-state index contributed by atoms with van der Waals surface area (Å²) in [6.45, 7) is 0. The Morgan fingerprint density at radius 2 is 1.61 bits per heavy atom. The largest absolute Gasteiger partial charge is 0.495 e. The zero-order valence-electron chi connectivity index (χ0n) is 15.7. The van der Waals surface area contributed by atoms with Crippen molar-refractivity contribution in [2.75, 3.05) is 21.3 Å². The van der Waals surface area contributed by atoms with Crippen molar-refractivity contribution >= 4 is 5.65 Å². The van der Waals surface area contributed by atoms with Gasteiger partial charge in [0, 0.05) is 24.2 Å². The van der Waals surface area contributed by atoms with Crippen LogP contribution in [0.4, 0.5) is 0 Å². The van der Waals surface area contributed by atoms with Gasteiger partial charge >= 0.3 is 0 Å². The average Bonchev–Trinajstić information content (AvgIpc) is 3.19. The third-order valence-electron chi connectivity index (χ3n) is 4.54. The van der Waals surface area contributed by atoms with Crippen molar-refractivity contribution in [3.8, 4) is 34.2 Å². The lowest BCUT2D eigenvalue weighted by atomic mass is 10.1. The van der Waals surface area contributed by atoms with Gasteiger partial charge in [-0.25, -0.2) is 4.98 Å². The number of ether oxygens (including phenoxy) is 3. The van der Waals surface area contributed by atoms with Crippen LogP contribution < -0.4 is 19.8 Å². The van der Waals surface area contributed by atoms with E-state index in [-0.39, 0.29) is 5.56 Å². The lowest BCUT2D eigenvalue weighted by molar-refractivity contribution is 0.355. The van der Waals surface area contributed by atoms with Gasteiger partial charge in [0.2, 0.25) is 5.65 Å². The van der Waals surface area contributed by atoms with E-state index in [4.69, 9.17) is 14.2 Å². The van der Waals surface area contributed by atoms with E-state index in [1.165, 1.54) is 4.57 Å². The highest BCUT2D eigenvalue weighted by molar-refractivity contribution is 5.66. The molecule has 0 aliphatic carbocycles. The number of imidazole rings is 1. The number of aromatic nitrogens is 3. The van der Waals surface area contributed by atoms with Crippen LogP contribution in [0.3, 0.4) is 0 Å². The number of benzene rings is 2. The molecule has 0 aliphatic rings. The van der Waals surface area contributed by atoms with E-state index in [0.717, 1.165) is 5.56 Å². The van der Waals surface area contributed by atoms with Gasteiger partial charge in [-0.1, -0.05) is 12.1 Å². The van der Waals surface area contributed by atoms with E-state index in [1.54, 1.807) is 38.1 Å². The van der Waals surface area contributed by atoms with Gasteiger partial charge in [-0.3, -0.25) is 9.36 Å². The first kappa shape index (κ1) is 17.7. The number of para-hydroxylation sites is 2. The van der Waals surface area contributed by atoms with Crippen LogP contribution in [-0.2, 0) is 0 Å². The van der Waals surface area contributed by atoms with Gasteiger partial charge in [0.05, 0.1) is 32.7 Å². The minimum Gasteiger partial charge on any atom is -0.495 e. The lowest BCUT2D eigenvalue weighted by Crippen LogP contribution is -2.20. The Labute approximate surface area is 161 Å². The summed E-state index contributed by atoms with van der Waals surface area (Å²) in [5.74, 6) is 1.85. The number of hydrogen-bond donors (Lipinski definition) is 0. The summed E-state index contributed by atoms with van der Waals surface area (Å²) < 4.78 is 19.2. The van der Waals surface area contributed by atoms with Crippen molar-refractivity contribution in [3.05, 3.63) is 71.4 Å². The number of fused-ring (bicyclic) bond motifs is 1. The molecule has 0 atom stereocenters. The summed E-state index contributed by atoms with van der Waals surface area (Å²) in [6, 6.07) is 12.9. The predicted octanol–water partition coefficient (Wildman–Crippen LogP) is 3.18. The molecule has 28 heavy (non-hydrogen) atoms. The van der Waals surface area contributed by atoms with Crippen molar-refractivity contribution in [1.82, 2.24) is 14.0 Å². The second-order valence-corrected chi connectivity index (χ2v) is 6.07. The zero-order chi connectivity index (χ0) is 19.7. The van der Waals surface area contributed by atoms with E-state index in [2.05, 4.69) is 4.98 Å². The first-order valence-corrected chi connectivity index (χ1v) is 8.62. The van der Waals surface area contributed by atoms with Crippen LogP contribution in [0.25, 0.3) is 22.6 Å². The summed E-state index contributed by atoms with van der Waals surface area (Å²) in [7, 11) is 4.74. The molecule has 4 rings (SSSR count). The predicted molar refractivity (Wildman–Crippen MR) is 106 cm³/mol. The topological polar surface area (TPSA) is 67.0 Å². The molecule has 0 fully saturated rings. The normalized spacial score (nSPS) is 10.8. The molecule has 0 unspecified atom stereocenters. The quantitative estimate of drug-likeness (QED) is 0.534. The molecule has 7 nitrogen and oxygen atoms in total. The first-order valence-electron chi connectivity index (χ1n) is 8.62. The number of nitrogens with zero attached hydrogens (tertiary/aromatic N) is 3. The van der Waals surface area contributed by atoms with Crippen molar-refractivity contribution < 1.29 is 14.2 Å². The molecular weight excluding hydrogens is 358 g/mol. The van der Waals surface area contributed by atoms with E-state index in [9.17, 15) is 4.79 Å². The summed E-state index contributed by atoms with van der Waals surface area (Å²) in [5.41, 5.74) is 2.23. The standard InChI is InChI=1S/C21H19N3O4/c1-26-17-7-5-4-6-16(17)24-11-10-23-13-15(22-20(23)21(24)25)14-8-9-18(27-2)19(12-14)28-3/h4-13H,1-3H3. The lowest BCUT2D eigenvalue weighted by Gasteiger charge is -2.10. The molecule has 2 aromatic carbocycles. The van der Waals surface area contributed by atoms with Gasteiger partial charge < -0.3 is 18.6 Å². The molecule has 0 amide bonds. The average molecular weight is 377 g/mol. The number of rotatable bonds is 5. The molecular formula is C21H19N3O4. The fraction of sp³-hybridized carbons (Fsp3) is 0.143. The Kier molecular flexibility index (Phi) is 4.49. The maximum atomic E-state index is 13.0. The molecule has 142 valence electrons. The van der Waals surface area contributed by atoms with E-state index in [0.29, 0.717) is 34.3 Å². The van der Waals surface area contributed by atoms with Crippen LogP contribution >= 0.6 is 0 Å². The third-order valence-corrected chi connectivity index (χ3v) is 4.54. The summed E-state index contributed by atoms with van der Waals surface area (Å²) in [5, 5.41) is 0.